The van der Waals surface area contributed by atoms with Crippen LogP contribution in [0.5, 0.6) is 0 Å². The predicted molar refractivity (Wildman–Crippen MR) is 74.9 cm³/mol. The highest BCUT2D eigenvalue weighted by atomic mass is 32.1. The summed E-state index contributed by atoms with van der Waals surface area (Å²) in [4.78, 5) is 14.2. The molecule has 1 aromatic heterocycles. The van der Waals surface area contributed by atoms with E-state index in [1.54, 1.807) is 11.3 Å². The largest absolute Gasteiger partial charge is 0.349 e. The van der Waals surface area contributed by atoms with E-state index in [1.165, 1.54) is 30.6 Å². The van der Waals surface area contributed by atoms with E-state index in [0.29, 0.717) is 12.0 Å². The van der Waals surface area contributed by atoms with Crippen molar-refractivity contribution >= 4 is 17.2 Å². The van der Waals surface area contributed by atoms with E-state index in [9.17, 15) is 4.79 Å². The maximum atomic E-state index is 12.1. The molecule has 2 aliphatic rings. The van der Waals surface area contributed by atoms with Crippen LogP contribution in [0.1, 0.15) is 47.2 Å². The summed E-state index contributed by atoms with van der Waals surface area (Å²) in [5.41, 5.74) is 0. The van der Waals surface area contributed by atoms with Gasteiger partial charge in [0.05, 0.1) is 4.88 Å². The normalized spacial score (nSPS) is 31.6. The van der Waals surface area contributed by atoms with Crippen LogP contribution in [0.2, 0.25) is 0 Å². The van der Waals surface area contributed by atoms with Crippen molar-refractivity contribution in [3.8, 4) is 0 Å². The van der Waals surface area contributed by atoms with Crippen LogP contribution in [0.15, 0.2) is 12.1 Å². The Morgan fingerprint density at radius 1 is 1.39 bits per heavy atom. The topological polar surface area (TPSA) is 29.1 Å². The summed E-state index contributed by atoms with van der Waals surface area (Å²) >= 11 is 1.58. The summed E-state index contributed by atoms with van der Waals surface area (Å²) in [5, 5.41) is 3.21. The molecule has 3 rings (SSSR count). The van der Waals surface area contributed by atoms with Gasteiger partial charge in [-0.2, -0.15) is 0 Å². The Balaban J connectivity index is 1.61. The van der Waals surface area contributed by atoms with Crippen molar-refractivity contribution in [1.82, 2.24) is 5.32 Å². The zero-order valence-electron chi connectivity index (χ0n) is 11.1. The van der Waals surface area contributed by atoms with Gasteiger partial charge in [-0.3, -0.25) is 4.79 Å². The van der Waals surface area contributed by atoms with Crippen LogP contribution in [-0.2, 0) is 0 Å². The van der Waals surface area contributed by atoms with Gasteiger partial charge < -0.3 is 5.32 Å². The van der Waals surface area contributed by atoms with Gasteiger partial charge in [0, 0.05) is 10.9 Å². The predicted octanol–water partition coefficient (Wildman–Crippen LogP) is 3.61. The average molecular weight is 263 g/mol. The van der Waals surface area contributed by atoms with E-state index in [4.69, 9.17) is 0 Å². The van der Waals surface area contributed by atoms with E-state index < -0.39 is 0 Å². The number of thiophene rings is 1. The monoisotopic (exact) mass is 263 g/mol. The molecule has 0 radical (unpaired) electrons. The van der Waals surface area contributed by atoms with Crippen LogP contribution in [0.3, 0.4) is 0 Å². The molecule has 2 aliphatic carbocycles. The maximum Gasteiger partial charge on any atom is 0.261 e. The molecule has 2 bridgehead atoms. The minimum Gasteiger partial charge on any atom is -0.349 e. The molecule has 2 saturated carbocycles. The molecule has 1 aromatic rings. The lowest BCUT2D eigenvalue weighted by atomic mass is 9.84. The Kier molecular flexibility index (Phi) is 3.18. The Bertz CT molecular complexity index is 453. The summed E-state index contributed by atoms with van der Waals surface area (Å²) in [6, 6.07) is 4.28. The maximum absolute atomic E-state index is 12.1. The van der Waals surface area contributed by atoms with E-state index in [2.05, 4.69) is 12.2 Å². The molecule has 1 heterocycles. The van der Waals surface area contributed by atoms with E-state index in [0.717, 1.165) is 16.7 Å². The first-order valence-electron chi connectivity index (χ1n) is 7.01. The van der Waals surface area contributed by atoms with Crippen molar-refractivity contribution in [2.75, 3.05) is 0 Å². The third-order valence-corrected chi connectivity index (χ3v) is 5.76. The number of carbonyl (C=O) groups is 1. The van der Waals surface area contributed by atoms with Crippen molar-refractivity contribution in [3.63, 3.8) is 0 Å². The first-order chi connectivity index (χ1) is 8.63. The number of hydrogen-bond acceptors (Lipinski definition) is 2. The number of amides is 1. The minimum absolute atomic E-state index is 0.114. The van der Waals surface area contributed by atoms with Crippen LogP contribution in [0, 0.1) is 24.7 Å². The van der Waals surface area contributed by atoms with Crippen molar-refractivity contribution in [3.05, 3.63) is 21.9 Å². The van der Waals surface area contributed by atoms with Crippen molar-refractivity contribution in [2.24, 2.45) is 17.8 Å². The van der Waals surface area contributed by atoms with Crippen molar-refractivity contribution in [2.45, 2.75) is 45.6 Å². The highest BCUT2D eigenvalue weighted by Gasteiger charge is 2.42. The fourth-order valence-electron chi connectivity index (χ4n) is 3.85. The van der Waals surface area contributed by atoms with Crippen LogP contribution < -0.4 is 5.32 Å². The van der Waals surface area contributed by atoms with Crippen LogP contribution in [0.25, 0.3) is 0 Å². The fourth-order valence-corrected chi connectivity index (χ4v) is 4.62. The summed E-state index contributed by atoms with van der Waals surface area (Å²) < 4.78 is 0. The van der Waals surface area contributed by atoms with E-state index in [-0.39, 0.29) is 5.91 Å². The molecule has 2 nitrogen and oxygen atoms in total. The lowest BCUT2D eigenvalue weighted by Crippen LogP contribution is -2.39. The number of carbonyl (C=O) groups excluding carboxylic acids is 1. The van der Waals surface area contributed by atoms with Crippen LogP contribution in [0.4, 0.5) is 0 Å². The number of nitrogens with one attached hydrogen (secondary N) is 1. The van der Waals surface area contributed by atoms with Crippen molar-refractivity contribution < 1.29 is 4.79 Å². The Morgan fingerprint density at radius 3 is 2.78 bits per heavy atom. The van der Waals surface area contributed by atoms with Crippen LogP contribution >= 0.6 is 11.3 Å². The third kappa shape index (κ3) is 2.20. The van der Waals surface area contributed by atoms with Gasteiger partial charge in [-0.25, -0.2) is 0 Å². The molecule has 18 heavy (non-hydrogen) atoms. The molecule has 0 unspecified atom stereocenters. The zero-order chi connectivity index (χ0) is 12.7. The Morgan fingerprint density at radius 2 is 2.22 bits per heavy atom. The second-order valence-electron chi connectivity index (χ2n) is 6.01. The van der Waals surface area contributed by atoms with Gasteiger partial charge in [0.25, 0.3) is 5.91 Å². The number of aryl methyl sites for hydroxylation is 1. The summed E-state index contributed by atoms with van der Waals surface area (Å²) in [6.45, 7) is 4.23. The lowest BCUT2D eigenvalue weighted by molar-refractivity contribution is 0.0919. The molecule has 98 valence electrons. The molecule has 3 heteroatoms. The Hall–Kier alpha value is -0.830. The second-order valence-corrected chi connectivity index (χ2v) is 7.30. The Labute approximate surface area is 113 Å². The van der Waals surface area contributed by atoms with Gasteiger partial charge in [-0.05, 0) is 63.0 Å². The second kappa shape index (κ2) is 4.69. The van der Waals surface area contributed by atoms with Gasteiger partial charge >= 0.3 is 0 Å². The first-order valence-corrected chi connectivity index (χ1v) is 7.82. The molecular formula is C15H21NOS. The highest BCUT2D eigenvalue weighted by Crippen LogP contribution is 2.49. The molecule has 4 atom stereocenters. The average Bonchev–Trinajstić information content (AvgIpc) is 3.03. The molecule has 2 fully saturated rings. The third-order valence-electron chi connectivity index (χ3n) is 4.76. The number of hydrogen-bond donors (Lipinski definition) is 1. The molecule has 0 aliphatic heterocycles. The minimum atomic E-state index is 0.114. The summed E-state index contributed by atoms with van der Waals surface area (Å²) in [5.74, 6) is 2.65. The van der Waals surface area contributed by atoms with Crippen molar-refractivity contribution in [1.29, 1.82) is 0 Å². The van der Waals surface area contributed by atoms with E-state index >= 15 is 0 Å². The standard InChI is InChI=1S/C15H21NOS/c1-9-3-6-14(18-9)15(17)16-10(2)13-8-11-4-5-12(13)7-11/h3,6,10-13H,4-5,7-8H2,1-2H3,(H,16,17)/t10-,11-,12-,13+/m0/s1. The quantitative estimate of drug-likeness (QED) is 0.887. The van der Waals surface area contributed by atoms with Gasteiger partial charge in [0.1, 0.15) is 0 Å². The number of fused-ring (bicyclic) bond motifs is 2. The lowest BCUT2D eigenvalue weighted by Gasteiger charge is -2.28. The molecule has 1 amide bonds. The van der Waals surface area contributed by atoms with Gasteiger partial charge in [0.15, 0.2) is 0 Å². The first kappa shape index (κ1) is 12.2. The fraction of sp³-hybridized carbons (Fsp3) is 0.667. The van der Waals surface area contributed by atoms with Gasteiger partial charge in [-0.15, -0.1) is 11.3 Å². The molecule has 0 aromatic carbocycles. The molecule has 0 spiro atoms. The summed E-state index contributed by atoms with van der Waals surface area (Å²) in [7, 11) is 0. The zero-order valence-corrected chi connectivity index (χ0v) is 11.9. The SMILES string of the molecule is Cc1ccc(C(=O)N[C@@H](C)[C@H]2C[C@H]3CC[C@H]2C3)s1. The highest BCUT2D eigenvalue weighted by molar-refractivity contribution is 7.13. The molecule has 0 saturated heterocycles. The van der Waals surface area contributed by atoms with Gasteiger partial charge in [0.2, 0.25) is 0 Å². The molecule has 1 N–H and O–H groups in total. The van der Waals surface area contributed by atoms with E-state index in [1.807, 2.05) is 19.1 Å². The number of rotatable bonds is 3. The van der Waals surface area contributed by atoms with Crippen LogP contribution in [-0.4, -0.2) is 11.9 Å². The molecular weight excluding hydrogens is 242 g/mol. The van der Waals surface area contributed by atoms with Gasteiger partial charge in [-0.1, -0.05) is 6.42 Å². The summed E-state index contributed by atoms with van der Waals surface area (Å²) in [6.07, 6.45) is 5.54. The smallest absolute Gasteiger partial charge is 0.261 e.